The van der Waals surface area contributed by atoms with Crippen LogP contribution in [0.4, 0.5) is 27.6 Å². The molecule has 3 rings (SSSR count). The standard InChI is InChI=1S/C18H17F5N2O/c19-13-14(20)16(22)18(17(23)15(13)21)24-9-11-3-1-2-4-12(11)10-25-5-7-26-8-6-25/h1-4,24H,5-10H2. The molecule has 0 atom stereocenters. The van der Waals surface area contributed by atoms with E-state index in [0.717, 1.165) is 18.7 Å². The summed E-state index contributed by atoms with van der Waals surface area (Å²) in [5.41, 5.74) is 0.594. The van der Waals surface area contributed by atoms with Crippen molar-refractivity contribution in [2.75, 3.05) is 31.6 Å². The van der Waals surface area contributed by atoms with Crippen LogP contribution in [0.15, 0.2) is 24.3 Å². The number of anilines is 1. The normalized spacial score (nSPS) is 15.3. The molecule has 1 heterocycles. The highest BCUT2D eigenvalue weighted by molar-refractivity contribution is 5.48. The lowest BCUT2D eigenvalue weighted by atomic mass is 10.1. The van der Waals surface area contributed by atoms with Gasteiger partial charge >= 0.3 is 0 Å². The molecule has 140 valence electrons. The minimum Gasteiger partial charge on any atom is -0.379 e. The van der Waals surface area contributed by atoms with Gasteiger partial charge in [0.15, 0.2) is 23.3 Å². The number of benzene rings is 2. The average molecular weight is 372 g/mol. The molecular formula is C18H17F5N2O. The molecule has 1 aliphatic rings. The van der Waals surface area contributed by atoms with E-state index in [1.165, 1.54) is 0 Å². The molecule has 1 N–H and O–H groups in total. The summed E-state index contributed by atoms with van der Waals surface area (Å²) in [6, 6.07) is 7.19. The van der Waals surface area contributed by atoms with Crippen molar-refractivity contribution in [3.05, 3.63) is 64.5 Å². The summed E-state index contributed by atoms with van der Waals surface area (Å²) in [6.07, 6.45) is 0. The first-order valence-corrected chi connectivity index (χ1v) is 8.11. The maximum absolute atomic E-state index is 13.8. The number of nitrogens with zero attached hydrogens (tertiary/aromatic N) is 1. The Balaban J connectivity index is 1.78. The molecule has 1 saturated heterocycles. The number of hydrogen-bond acceptors (Lipinski definition) is 3. The molecule has 1 fully saturated rings. The summed E-state index contributed by atoms with van der Waals surface area (Å²) in [5, 5.41) is 2.34. The predicted octanol–water partition coefficient (Wildman–Crippen LogP) is 3.83. The third-order valence-corrected chi connectivity index (χ3v) is 4.28. The number of ether oxygens (including phenoxy) is 1. The lowest BCUT2D eigenvalue weighted by molar-refractivity contribution is 0.0341. The van der Waals surface area contributed by atoms with E-state index in [2.05, 4.69) is 10.2 Å². The third-order valence-electron chi connectivity index (χ3n) is 4.28. The topological polar surface area (TPSA) is 24.5 Å². The van der Waals surface area contributed by atoms with E-state index in [1.807, 2.05) is 12.1 Å². The minimum absolute atomic E-state index is 0.0706. The Labute approximate surface area is 147 Å². The molecule has 0 amide bonds. The zero-order chi connectivity index (χ0) is 18.7. The van der Waals surface area contributed by atoms with Gasteiger partial charge in [-0.1, -0.05) is 24.3 Å². The van der Waals surface area contributed by atoms with E-state index in [1.54, 1.807) is 12.1 Å². The number of nitrogens with one attached hydrogen (secondary N) is 1. The van der Waals surface area contributed by atoms with Gasteiger partial charge in [-0.05, 0) is 11.1 Å². The van der Waals surface area contributed by atoms with Crippen LogP contribution in [-0.4, -0.2) is 31.2 Å². The maximum atomic E-state index is 13.8. The monoisotopic (exact) mass is 372 g/mol. The minimum atomic E-state index is -2.17. The van der Waals surface area contributed by atoms with E-state index < -0.39 is 34.8 Å². The molecule has 2 aromatic rings. The molecule has 0 aliphatic carbocycles. The summed E-state index contributed by atoms with van der Waals surface area (Å²) < 4.78 is 72.5. The Hall–Kier alpha value is -2.19. The summed E-state index contributed by atoms with van der Waals surface area (Å²) in [6.45, 7) is 3.33. The summed E-state index contributed by atoms with van der Waals surface area (Å²) in [7, 11) is 0. The molecule has 2 aromatic carbocycles. The van der Waals surface area contributed by atoms with Crippen molar-refractivity contribution in [2.24, 2.45) is 0 Å². The number of morpholine rings is 1. The van der Waals surface area contributed by atoms with Gasteiger partial charge in [0.25, 0.3) is 0 Å². The van der Waals surface area contributed by atoms with Crippen molar-refractivity contribution in [1.82, 2.24) is 4.90 Å². The van der Waals surface area contributed by atoms with Gasteiger partial charge in [-0.3, -0.25) is 4.90 Å². The number of rotatable bonds is 5. The van der Waals surface area contributed by atoms with Crippen molar-refractivity contribution >= 4 is 5.69 Å². The lowest BCUT2D eigenvalue weighted by Gasteiger charge is -2.27. The van der Waals surface area contributed by atoms with E-state index in [4.69, 9.17) is 4.74 Å². The summed E-state index contributed by atoms with van der Waals surface area (Å²) >= 11 is 0. The third kappa shape index (κ3) is 3.81. The van der Waals surface area contributed by atoms with Crippen LogP contribution in [0.5, 0.6) is 0 Å². The van der Waals surface area contributed by atoms with Gasteiger partial charge in [0.2, 0.25) is 5.82 Å². The smallest absolute Gasteiger partial charge is 0.200 e. The molecule has 0 radical (unpaired) electrons. The maximum Gasteiger partial charge on any atom is 0.200 e. The molecular weight excluding hydrogens is 355 g/mol. The molecule has 0 bridgehead atoms. The van der Waals surface area contributed by atoms with Crippen LogP contribution in [-0.2, 0) is 17.8 Å². The van der Waals surface area contributed by atoms with Crippen molar-refractivity contribution in [1.29, 1.82) is 0 Å². The number of halogens is 5. The van der Waals surface area contributed by atoms with Gasteiger partial charge in [0.1, 0.15) is 5.69 Å². The van der Waals surface area contributed by atoms with Crippen LogP contribution in [0.2, 0.25) is 0 Å². The zero-order valence-corrected chi connectivity index (χ0v) is 13.8. The van der Waals surface area contributed by atoms with Gasteiger partial charge in [0.05, 0.1) is 13.2 Å². The average Bonchev–Trinajstić information content (AvgIpc) is 2.67. The highest BCUT2D eigenvalue weighted by Gasteiger charge is 2.25. The molecule has 3 nitrogen and oxygen atoms in total. The second-order valence-corrected chi connectivity index (χ2v) is 5.96. The van der Waals surface area contributed by atoms with Crippen molar-refractivity contribution in [2.45, 2.75) is 13.1 Å². The summed E-state index contributed by atoms with van der Waals surface area (Å²) in [4.78, 5) is 2.17. The molecule has 0 spiro atoms. The highest BCUT2D eigenvalue weighted by atomic mass is 19.2. The molecule has 26 heavy (non-hydrogen) atoms. The second-order valence-electron chi connectivity index (χ2n) is 5.96. The van der Waals surface area contributed by atoms with Gasteiger partial charge in [0, 0.05) is 26.2 Å². The second kappa shape index (κ2) is 8.01. The zero-order valence-electron chi connectivity index (χ0n) is 13.8. The Morgan fingerprint density at radius 1 is 0.808 bits per heavy atom. The largest absolute Gasteiger partial charge is 0.379 e. The first kappa shape index (κ1) is 18.6. The van der Waals surface area contributed by atoms with E-state index in [9.17, 15) is 22.0 Å². The Morgan fingerprint density at radius 3 is 1.96 bits per heavy atom. The molecule has 1 aliphatic heterocycles. The van der Waals surface area contributed by atoms with Crippen LogP contribution in [0.3, 0.4) is 0 Å². The van der Waals surface area contributed by atoms with E-state index in [0.29, 0.717) is 25.3 Å². The van der Waals surface area contributed by atoms with Crippen LogP contribution < -0.4 is 5.32 Å². The van der Waals surface area contributed by atoms with Crippen molar-refractivity contribution in [3.63, 3.8) is 0 Å². The molecule has 0 unspecified atom stereocenters. The van der Waals surface area contributed by atoms with Gasteiger partial charge < -0.3 is 10.1 Å². The number of hydrogen-bond donors (Lipinski definition) is 1. The van der Waals surface area contributed by atoms with Crippen molar-refractivity contribution < 1.29 is 26.7 Å². The van der Waals surface area contributed by atoms with Gasteiger partial charge in [-0.15, -0.1) is 0 Å². The van der Waals surface area contributed by atoms with Crippen LogP contribution in [0.25, 0.3) is 0 Å². The van der Waals surface area contributed by atoms with E-state index in [-0.39, 0.29) is 6.54 Å². The first-order valence-electron chi connectivity index (χ1n) is 8.11. The van der Waals surface area contributed by atoms with Crippen LogP contribution in [0.1, 0.15) is 11.1 Å². The fraction of sp³-hybridized carbons (Fsp3) is 0.333. The molecule has 0 saturated carbocycles. The summed E-state index contributed by atoms with van der Waals surface area (Å²) in [5.74, 6) is -9.83. The highest BCUT2D eigenvalue weighted by Crippen LogP contribution is 2.27. The fourth-order valence-corrected chi connectivity index (χ4v) is 2.83. The molecule has 8 heteroatoms. The SMILES string of the molecule is Fc1c(F)c(F)c(NCc2ccccc2CN2CCOCC2)c(F)c1F. The Kier molecular flexibility index (Phi) is 5.73. The first-order chi connectivity index (χ1) is 12.5. The predicted molar refractivity (Wildman–Crippen MR) is 86.1 cm³/mol. The van der Waals surface area contributed by atoms with Crippen LogP contribution in [0, 0.1) is 29.1 Å². The quantitative estimate of drug-likeness (QED) is 0.491. The Bertz CT molecular complexity index is 764. The lowest BCUT2D eigenvalue weighted by Crippen LogP contribution is -2.35. The van der Waals surface area contributed by atoms with Gasteiger partial charge in [-0.2, -0.15) is 0 Å². The Morgan fingerprint density at radius 2 is 1.35 bits per heavy atom. The van der Waals surface area contributed by atoms with Gasteiger partial charge in [-0.25, -0.2) is 22.0 Å². The van der Waals surface area contributed by atoms with Crippen molar-refractivity contribution in [3.8, 4) is 0 Å². The van der Waals surface area contributed by atoms with E-state index >= 15 is 0 Å². The molecule has 0 aromatic heterocycles. The van der Waals surface area contributed by atoms with Crippen LogP contribution >= 0.6 is 0 Å². The fourth-order valence-electron chi connectivity index (χ4n) is 2.83.